The maximum Gasteiger partial charge on any atom is 0.0910 e. The molecule has 1 aromatic rings. The monoisotopic (exact) mass is 264 g/mol. The standard InChI is InChI=1S/C15H24N2O2/c18-14-5-7-15(8-6-14)19-11-12-9-10-17(16-12)13-3-1-2-4-13/h9-10,13-15,18H,1-8,11H2. The number of hydrogen-bond donors (Lipinski definition) is 1. The number of ether oxygens (including phenoxy) is 1. The van der Waals surface area contributed by atoms with Crippen LogP contribution in [-0.2, 0) is 11.3 Å². The van der Waals surface area contributed by atoms with Crippen molar-refractivity contribution in [1.29, 1.82) is 0 Å². The zero-order valence-corrected chi connectivity index (χ0v) is 11.5. The SMILES string of the molecule is OC1CCC(OCc2ccn(C3CCCC3)n2)CC1. The molecule has 4 nitrogen and oxygen atoms in total. The normalized spacial score (nSPS) is 28.9. The van der Waals surface area contributed by atoms with E-state index in [0.29, 0.717) is 18.8 Å². The first-order chi connectivity index (χ1) is 9.31. The lowest BCUT2D eigenvalue weighted by atomic mass is 9.95. The summed E-state index contributed by atoms with van der Waals surface area (Å²) in [6.07, 6.45) is 11.2. The second kappa shape index (κ2) is 6.06. The average molecular weight is 264 g/mol. The van der Waals surface area contributed by atoms with Crippen molar-refractivity contribution in [2.45, 2.75) is 76.2 Å². The maximum atomic E-state index is 9.47. The molecular weight excluding hydrogens is 240 g/mol. The van der Waals surface area contributed by atoms with Gasteiger partial charge in [-0.2, -0.15) is 5.10 Å². The summed E-state index contributed by atoms with van der Waals surface area (Å²) in [5.74, 6) is 0. The van der Waals surface area contributed by atoms with Crippen LogP contribution in [0.5, 0.6) is 0 Å². The Morgan fingerprint density at radius 1 is 1.16 bits per heavy atom. The van der Waals surface area contributed by atoms with Gasteiger partial charge in [0.25, 0.3) is 0 Å². The Hall–Kier alpha value is -0.870. The zero-order chi connectivity index (χ0) is 13.1. The maximum absolute atomic E-state index is 9.47. The number of rotatable bonds is 4. The van der Waals surface area contributed by atoms with Crippen LogP contribution in [0.4, 0.5) is 0 Å². The molecule has 1 N–H and O–H groups in total. The zero-order valence-electron chi connectivity index (χ0n) is 11.5. The lowest BCUT2D eigenvalue weighted by Gasteiger charge is -2.25. The molecule has 1 heterocycles. The van der Waals surface area contributed by atoms with E-state index >= 15 is 0 Å². The van der Waals surface area contributed by atoms with Gasteiger partial charge in [-0.05, 0) is 44.6 Å². The first kappa shape index (κ1) is 13.1. The van der Waals surface area contributed by atoms with Crippen LogP contribution in [0.3, 0.4) is 0 Å². The van der Waals surface area contributed by atoms with E-state index in [1.54, 1.807) is 0 Å². The molecule has 0 saturated heterocycles. The van der Waals surface area contributed by atoms with Gasteiger partial charge in [-0.1, -0.05) is 12.8 Å². The first-order valence-corrected chi connectivity index (χ1v) is 7.65. The third kappa shape index (κ3) is 3.37. The van der Waals surface area contributed by atoms with E-state index in [1.165, 1.54) is 25.7 Å². The van der Waals surface area contributed by atoms with Gasteiger partial charge in [-0.25, -0.2) is 0 Å². The third-order valence-electron chi connectivity index (χ3n) is 4.47. The van der Waals surface area contributed by atoms with Gasteiger partial charge < -0.3 is 9.84 Å². The van der Waals surface area contributed by atoms with Gasteiger partial charge >= 0.3 is 0 Å². The summed E-state index contributed by atoms with van der Waals surface area (Å²) < 4.78 is 8.03. The number of aromatic nitrogens is 2. The largest absolute Gasteiger partial charge is 0.393 e. The summed E-state index contributed by atoms with van der Waals surface area (Å²) >= 11 is 0. The molecule has 2 fully saturated rings. The lowest BCUT2D eigenvalue weighted by Crippen LogP contribution is -2.24. The first-order valence-electron chi connectivity index (χ1n) is 7.65. The molecule has 106 valence electrons. The van der Waals surface area contributed by atoms with Crippen LogP contribution in [-0.4, -0.2) is 27.1 Å². The highest BCUT2D eigenvalue weighted by Crippen LogP contribution is 2.29. The van der Waals surface area contributed by atoms with Crippen molar-refractivity contribution in [1.82, 2.24) is 9.78 Å². The summed E-state index contributed by atoms with van der Waals surface area (Å²) in [6, 6.07) is 2.69. The van der Waals surface area contributed by atoms with Crippen LogP contribution in [0, 0.1) is 0 Å². The summed E-state index contributed by atoms with van der Waals surface area (Å²) in [5.41, 5.74) is 1.04. The molecule has 2 saturated carbocycles. The molecule has 0 bridgehead atoms. The van der Waals surface area contributed by atoms with E-state index < -0.39 is 0 Å². The van der Waals surface area contributed by atoms with Crippen molar-refractivity contribution in [2.24, 2.45) is 0 Å². The van der Waals surface area contributed by atoms with Crippen LogP contribution in [0.15, 0.2) is 12.3 Å². The Labute approximate surface area is 114 Å². The van der Waals surface area contributed by atoms with Gasteiger partial charge in [0.1, 0.15) is 0 Å². The molecular formula is C15H24N2O2. The predicted octanol–water partition coefficient (Wildman–Crippen LogP) is 2.82. The van der Waals surface area contributed by atoms with Gasteiger partial charge in [0.15, 0.2) is 0 Å². The van der Waals surface area contributed by atoms with Crippen molar-refractivity contribution in [3.8, 4) is 0 Å². The van der Waals surface area contributed by atoms with Crippen molar-refractivity contribution in [3.63, 3.8) is 0 Å². The average Bonchev–Trinajstić information content (AvgIpc) is 3.09. The van der Waals surface area contributed by atoms with Gasteiger partial charge in [-0.15, -0.1) is 0 Å². The van der Waals surface area contributed by atoms with E-state index in [-0.39, 0.29) is 6.10 Å². The molecule has 0 radical (unpaired) electrons. The summed E-state index contributed by atoms with van der Waals surface area (Å²) in [7, 11) is 0. The van der Waals surface area contributed by atoms with Crippen molar-refractivity contribution in [3.05, 3.63) is 18.0 Å². The van der Waals surface area contributed by atoms with E-state index in [1.807, 2.05) is 0 Å². The minimum atomic E-state index is -0.110. The van der Waals surface area contributed by atoms with E-state index in [9.17, 15) is 5.11 Å². The number of nitrogens with zero attached hydrogens (tertiary/aromatic N) is 2. The molecule has 0 unspecified atom stereocenters. The van der Waals surface area contributed by atoms with Crippen LogP contribution in [0.25, 0.3) is 0 Å². The van der Waals surface area contributed by atoms with Gasteiger partial charge in [-0.3, -0.25) is 4.68 Å². The molecule has 0 spiro atoms. The fourth-order valence-corrected chi connectivity index (χ4v) is 3.24. The van der Waals surface area contributed by atoms with Gasteiger partial charge in [0.2, 0.25) is 0 Å². The van der Waals surface area contributed by atoms with Crippen LogP contribution in [0.1, 0.15) is 63.1 Å². The molecule has 0 atom stereocenters. The third-order valence-corrected chi connectivity index (χ3v) is 4.47. The molecule has 2 aliphatic carbocycles. The Kier molecular flexibility index (Phi) is 4.18. The molecule has 2 aliphatic rings. The van der Waals surface area contributed by atoms with Crippen LogP contribution >= 0.6 is 0 Å². The fourth-order valence-electron chi connectivity index (χ4n) is 3.24. The highest BCUT2D eigenvalue weighted by molar-refractivity contribution is 4.99. The van der Waals surface area contributed by atoms with Crippen molar-refractivity contribution < 1.29 is 9.84 Å². The topological polar surface area (TPSA) is 47.3 Å². The Morgan fingerprint density at radius 3 is 2.63 bits per heavy atom. The Balaban J connectivity index is 1.47. The molecule has 0 aliphatic heterocycles. The van der Waals surface area contributed by atoms with Gasteiger partial charge in [0.05, 0.1) is 30.6 Å². The van der Waals surface area contributed by atoms with Crippen LogP contribution in [0.2, 0.25) is 0 Å². The molecule has 0 aromatic carbocycles. The minimum absolute atomic E-state index is 0.110. The predicted molar refractivity (Wildman–Crippen MR) is 72.8 cm³/mol. The van der Waals surface area contributed by atoms with Gasteiger partial charge in [0, 0.05) is 6.20 Å². The number of hydrogen-bond acceptors (Lipinski definition) is 3. The summed E-state index contributed by atoms with van der Waals surface area (Å²) in [6.45, 7) is 0.612. The van der Waals surface area contributed by atoms with E-state index in [4.69, 9.17) is 4.74 Å². The second-order valence-corrected chi connectivity index (χ2v) is 5.97. The summed E-state index contributed by atoms with van der Waals surface area (Å²) in [5, 5.41) is 14.1. The van der Waals surface area contributed by atoms with Crippen LogP contribution < -0.4 is 0 Å². The highest BCUT2D eigenvalue weighted by Gasteiger charge is 2.21. The Morgan fingerprint density at radius 2 is 1.89 bits per heavy atom. The Bertz CT molecular complexity index is 391. The molecule has 19 heavy (non-hydrogen) atoms. The van der Waals surface area contributed by atoms with Crippen molar-refractivity contribution >= 4 is 0 Å². The molecule has 3 rings (SSSR count). The van der Waals surface area contributed by atoms with E-state index in [2.05, 4.69) is 22.0 Å². The lowest BCUT2D eigenvalue weighted by molar-refractivity contribution is -0.0131. The second-order valence-electron chi connectivity index (χ2n) is 5.97. The highest BCUT2D eigenvalue weighted by atomic mass is 16.5. The molecule has 0 amide bonds. The number of aliphatic hydroxyl groups is 1. The fraction of sp³-hybridized carbons (Fsp3) is 0.800. The molecule has 4 heteroatoms. The van der Waals surface area contributed by atoms with Crippen molar-refractivity contribution in [2.75, 3.05) is 0 Å². The quantitative estimate of drug-likeness (QED) is 0.909. The smallest absolute Gasteiger partial charge is 0.0910 e. The number of aliphatic hydroxyl groups excluding tert-OH is 1. The summed E-state index contributed by atoms with van der Waals surface area (Å²) in [4.78, 5) is 0. The molecule has 1 aromatic heterocycles. The van der Waals surface area contributed by atoms with E-state index in [0.717, 1.165) is 31.4 Å². The minimum Gasteiger partial charge on any atom is -0.393 e.